The van der Waals surface area contributed by atoms with Crippen molar-refractivity contribution in [3.05, 3.63) is 40.4 Å². The van der Waals surface area contributed by atoms with Gasteiger partial charge in [-0.15, -0.1) is 23.2 Å². The highest BCUT2D eigenvalue weighted by Crippen LogP contribution is 2.31. The van der Waals surface area contributed by atoms with Crippen LogP contribution in [0.15, 0.2) is 40.4 Å². The Morgan fingerprint density at radius 2 is 1.69 bits per heavy atom. The molecule has 0 heterocycles. The third-order valence-corrected chi connectivity index (χ3v) is 5.90. The number of benzene rings is 1. The number of hydrogen-bond acceptors (Lipinski definition) is 7. The van der Waals surface area contributed by atoms with Crippen molar-refractivity contribution in [2.45, 2.75) is 37.7 Å². The van der Waals surface area contributed by atoms with Gasteiger partial charge in [-0.05, 0) is 41.1 Å². The smallest absolute Gasteiger partial charge is 0.407 e. The van der Waals surface area contributed by atoms with E-state index in [1.54, 1.807) is 24.3 Å². The monoisotopic (exact) mass is 608 g/mol. The van der Waals surface area contributed by atoms with Crippen molar-refractivity contribution in [2.24, 2.45) is 5.73 Å². The Hall–Kier alpha value is -2.70. The third kappa shape index (κ3) is 9.07. The van der Waals surface area contributed by atoms with Crippen molar-refractivity contribution in [3.8, 4) is 5.75 Å². The molecule has 0 bridgehead atoms. The van der Waals surface area contributed by atoms with E-state index in [4.69, 9.17) is 43.1 Å². The second-order valence-electron chi connectivity index (χ2n) is 7.55. The summed E-state index contributed by atoms with van der Waals surface area (Å²) in [5.41, 5.74) is 5.39. The number of rotatable bonds is 11. The van der Waals surface area contributed by atoms with Gasteiger partial charge < -0.3 is 35.9 Å². The van der Waals surface area contributed by atoms with Gasteiger partial charge in [-0.25, -0.2) is 9.59 Å². The molecule has 198 valence electrons. The Morgan fingerprint density at radius 1 is 1.08 bits per heavy atom. The van der Waals surface area contributed by atoms with Gasteiger partial charge in [-0.3, -0.25) is 9.59 Å². The largest absolute Gasteiger partial charge is 0.481 e. The molecule has 5 N–H and O–H groups in total. The summed E-state index contributed by atoms with van der Waals surface area (Å²) < 4.78 is 17.7. The summed E-state index contributed by atoms with van der Waals surface area (Å²) in [6.07, 6.45) is -3.70. The number of nitrogens with two attached hydrogens (primary N) is 1. The minimum atomic E-state index is -1.15. The SMILES string of the molecule is CC(NC(=O)C1=CC(Oc2ccccc2Br)C(OC(=O)NCCCl)C(OC(=O)NCCCl)C1)C(N)=O. The standard InChI is InChI=1S/C22H27BrCl2N4O7/c1-12(19(26)30)29-20(31)13-10-16(34-15-5-3-2-4-14(15)23)18(36-22(33)28-9-7-25)17(11-13)35-21(32)27-8-6-24/h2-5,10,12,16-18H,6-9,11H2,1H3,(H2,26,30)(H,27,32)(H,28,33)(H,29,31). The molecule has 0 radical (unpaired) electrons. The van der Waals surface area contributed by atoms with Crippen molar-refractivity contribution in [2.75, 3.05) is 24.8 Å². The fourth-order valence-electron chi connectivity index (χ4n) is 3.12. The number of carbonyl (C=O) groups is 4. The molecule has 0 aliphatic heterocycles. The lowest BCUT2D eigenvalue weighted by atomic mass is 9.91. The van der Waals surface area contributed by atoms with Crippen LogP contribution >= 0.6 is 39.1 Å². The van der Waals surface area contributed by atoms with Gasteiger partial charge in [0.2, 0.25) is 11.8 Å². The molecule has 4 atom stereocenters. The van der Waals surface area contributed by atoms with Gasteiger partial charge in [-0.2, -0.15) is 0 Å². The van der Waals surface area contributed by atoms with E-state index in [0.717, 1.165) is 0 Å². The number of halogens is 3. The Labute approximate surface area is 226 Å². The van der Waals surface area contributed by atoms with Gasteiger partial charge in [0.25, 0.3) is 0 Å². The van der Waals surface area contributed by atoms with Crippen LogP contribution in [-0.2, 0) is 19.1 Å². The van der Waals surface area contributed by atoms with E-state index in [1.807, 2.05) is 0 Å². The van der Waals surface area contributed by atoms with Crippen molar-refractivity contribution < 1.29 is 33.4 Å². The van der Waals surface area contributed by atoms with Crippen LogP contribution in [0.1, 0.15) is 13.3 Å². The number of hydrogen-bond donors (Lipinski definition) is 4. The molecular weight excluding hydrogens is 583 g/mol. The molecule has 11 nitrogen and oxygen atoms in total. The van der Waals surface area contributed by atoms with Gasteiger partial charge in [0.05, 0.1) is 4.47 Å². The number of amides is 4. The first kappa shape index (κ1) is 29.5. The maximum absolute atomic E-state index is 12.9. The Kier molecular flexibility index (Phi) is 12.1. The molecular formula is C22H27BrCl2N4O7. The summed E-state index contributed by atoms with van der Waals surface area (Å²) in [5.74, 6) is -0.675. The van der Waals surface area contributed by atoms with E-state index in [-0.39, 0.29) is 36.8 Å². The Bertz CT molecular complexity index is 981. The number of ether oxygens (including phenoxy) is 3. The Balaban J connectivity index is 2.42. The van der Waals surface area contributed by atoms with E-state index in [9.17, 15) is 19.2 Å². The number of carbonyl (C=O) groups excluding carboxylic acids is 4. The number of alkyl carbamates (subject to hydrolysis) is 2. The zero-order valence-electron chi connectivity index (χ0n) is 19.3. The van der Waals surface area contributed by atoms with Gasteiger partial charge in [-0.1, -0.05) is 12.1 Å². The van der Waals surface area contributed by atoms with E-state index < -0.39 is 48.4 Å². The van der Waals surface area contributed by atoms with Crippen molar-refractivity contribution in [3.63, 3.8) is 0 Å². The second kappa shape index (κ2) is 14.8. The minimum Gasteiger partial charge on any atom is -0.481 e. The maximum atomic E-state index is 12.9. The first-order valence-electron chi connectivity index (χ1n) is 10.9. The fraction of sp³-hybridized carbons (Fsp3) is 0.455. The summed E-state index contributed by atoms with van der Waals surface area (Å²) in [6, 6.07) is 5.95. The quantitative estimate of drug-likeness (QED) is 0.280. The lowest BCUT2D eigenvalue weighted by Gasteiger charge is -2.36. The fourth-order valence-corrected chi connectivity index (χ4v) is 3.68. The van der Waals surface area contributed by atoms with Gasteiger partial charge >= 0.3 is 12.2 Å². The normalized spacial score (nSPS) is 19.8. The molecule has 2 rings (SSSR count). The molecule has 1 aliphatic carbocycles. The van der Waals surface area contributed by atoms with E-state index >= 15 is 0 Å². The first-order chi connectivity index (χ1) is 17.2. The number of para-hydroxylation sites is 1. The summed E-state index contributed by atoms with van der Waals surface area (Å²) in [7, 11) is 0. The lowest BCUT2D eigenvalue weighted by molar-refractivity contribution is -0.125. The molecule has 1 aromatic carbocycles. The zero-order chi connectivity index (χ0) is 26.7. The highest BCUT2D eigenvalue weighted by Gasteiger charge is 2.42. The highest BCUT2D eigenvalue weighted by molar-refractivity contribution is 9.10. The van der Waals surface area contributed by atoms with Crippen LogP contribution in [0.3, 0.4) is 0 Å². The van der Waals surface area contributed by atoms with Crippen LogP contribution in [0.2, 0.25) is 0 Å². The molecule has 1 aromatic rings. The predicted molar refractivity (Wildman–Crippen MR) is 136 cm³/mol. The molecule has 1 aliphatic rings. The molecule has 4 amide bonds. The minimum absolute atomic E-state index is 0.130. The summed E-state index contributed by atoms with van der Waals surface area (Å²) in [4.78, 5) is 49.1. The van der Waals surface area contributed by atoms with Crippen LogP contribution in [0.4, 0.5) is 9.59 Å². The summed E-state index contributed by atoms with van der Waals surface area (Å²) >= 11 is 14.6. The Morgan fingerprint density at radius 3 is 2.28 bits per heavy atom. The lowest BCUT2D eigenvalue weighted by Crippen LogP contribution is -2.52. The van der Waals surface area contributed by atoms with Gasteiger partial charge in [0.15, 0.2) is 12.2 Å². The molecule has 4 unspecified atom stereocenters. The predicted octanol–water partition coefficient (Wildman–Crippen LogP) is 2.18. The van der Waals surface area contributed by atoms with Crippen LogP contribution in [0.25, 0.3) is 0 Å². The molecule has 0 fully saturated rings. The van der Waals surface area contributed by atoms with Crippen LogP contribution in [-0.4, -0.2) is 73.2 Å². The molecule has 36 heavy (non-hydrogen) atoms. The highest BCUT2D eigenvalue weighted by atomic mass is 79.9. The van der Waals surface area contributed by atoms with Crippen LogP contribution in [0.5, 0.6) is 5.75 Å². The number of alkyl halides is 2. The van der Waals surface area contributed by atoms with Gasteiger partial charge in [0, 0.05) is 36.8 Å². The molecule has 0 saturated carbocycles. The topological polar surface area (TPSA) is 158 Å². The van der Waals surface area contributed by atoms with Crippen LogP contribution in [0, 0.1) is 0 Å². The molecule has 0 saturated heterocycles. The zero-order valence-corrected chi connectivity index (χ0v) is 22.4. The van der Waals surface area contributed by atoms with E-state index in [2.05, 4.69) is 31.9 Å². The average Bonchev–Trinajstić information content (AvgIpc) is 2.84. The van der Waals surface area contributed by atoms with Crippen LogP contribution < -0.4 is 26.4 Å². The number of nitrogens with one attached hydrogen (secondary N) is 3. The average molecular weight is 610 g/mol. The summed E-state index contributed by atoms with van der Waals surface area (Å²) in [5, 5.41) is 7.41. The number of primary amides is 1. The van der Waals surface area contributed by atoms with Crippen molar-refractivity contribution in [1.82, 2.24) is 16.0 Å². The maximum Gasteiger partial charge on any atom is 0.407 e. The van der Waals surface area contributed by atoms with Crippen molar-refractivity contribution in [1.29, 1.82) is 0 Å². The van der Waals surface area contributed by atoms with E-state index in [1.165, 1.54) is 13.0 Å². The summed E-state index contributed by atoms with van der Waals surface area (Å²) in [6.45, 7) is 1.70. The second-order valence-corrected chi connectivity index (χ2v) is 9.16. The van der Waals surface area contributed by atoms with Gasteiger partial charge in [0.1, 0.15) is 17.9 Å². The molecule has 0 spiro atoms. The first-order valence-corrected chi connectivity index (χ1v) is 12.7. The van der Waals surface area contributed by atoms with Crippen molar-refractivity contribution >= 4 is 63.1 Å². The molecule has 0 aromatic heterocycles. The third-order valence-electron chi connectivity index (χ3n) is 4.87. The van der Waals surface area contributed by atoms with E-state index in [0.29, 0.717) is 10.2 Å². The molecule has 14 heteroatoms.